The molecule has 0 aliphatic heterocycles. The molecular formula is C27H28Cl2N2O3S. The summed E-state index contributed by atoms with van der Waals surface area (Å²) in [5, 5.41) is 14.4. The molecular weight excluding hydrogens is 503 g/mol. The van der Waals surface area contributed by atoms with Gasteiger partial charge < -0.3 is 14.5 Å². The molecule has 0 atom stereocenters. The Labute approximate surface area is 220 Å². The van der Waals surface area contributed by atoms with E-state index in [-0.39, 0.29) is 18.3 Å². The Hall–Kier alpha value is -2.46. The number of nitrogens with zero attached hydrogens (tertiary/aromatic N) is 1. The molecule has 1 aliphatic carbocycles. The standard InChI is InChI=1S/C27H28Cl2N2O3S/c28-18-11-13-22(29)24(15-18)33-17-19-12-14-23(34-19)26(32)31-27-21(16-30)20-9-7-5-3-1-2-4-6-8-10-25(20)35-27/h11-15H,1-10,17H2,(H,31,32). The lowest BCUT2D eigenvalue weighted by molar-refractivity contribution is 0.0993. The molecule has 3 aromatic rings. The number of benzene rings is 1. The second-order valence-corrected chi connectivity index (χ2v) is 10.7. The topological polar surface area (TPSA) is 75.3 Å². The summed E-state index contributed by atoms with van der Waals surface area (Å²) in [4.78, 5) is 14.2. The molecule has 0 spiro atoms. The van der Waals surface area contributed by atoms with E-state index in [1.807, 2.05) is 0 Å². The van der Waals surface area contributed by atoms with E-state index in [1.54, 1.807) is 30.3 Å². The first-order valence-electron chi connectivity index (χ1n) is 12.1. The number of nitrogens with one attached hydrogen (secondary N) is 1. The number of amides is 1. The largest absolute Gasteiger partial charge is 0.484 e. The van der Waals surface area contributed by atoms with Gasteiger partial charge in [-0.15, -0.1) is 11.3 Å². The summed E-state index contributed by atoms with van der Waals surface area (Å²) >= 11 is 13.7. The van der Waals surface area contributed by atoms with Crippen molar-refractivity contribution in [2.24, 2.45) is 0 Å². The number of hydrogen-bond acceptors (Lipinski definition) is 5. The predicted octanol–water partition coefficient (Wildman–Crippen LogP) is 8.57. The maximum Gasteiger partial charge on any atom is 0.292 e. The molecule has 0 saturated carbocycles. The van der Waals surface area contributed by atoms with E-state index in [0.717, 1.165) is 31.2 Å². The van der Waals surface area contributed by atoms with Crippen LogP contribution in [0, 0.1) is 11.3 Å². The molecule has 1 aromatic carbocycles. The Kier molecular flexibility index (Phi) is 9.14. The van der Waals surface area contributed by atoms with Crippen molar-refractivity contribution in [1.82, 2.24) is 0 Å². The minimum Gasteiger partial charge on any atom is -0.484 e. The SMILES string of the molecule is N#Cc1c(NC(=O)c2ccc(COc3cc(Cl)ccc3Cl)o2)sc2c1CCCCCCCCCC2. The summed E-state index contributed by atoms with van der Waals surface area (Å²) in [6.07, 6.45) is 11.5. The van der Waals surface area contributed by atoms with Crippen LogP contribution in [-0.2, 0) is 19.4 Å². The summed E-state index contributed by atoms with van der Waals surface area (Å²) in [6, 6.07) is 10.6. The maximum atomic E-state index is 12.9. The number of anilines is 1. The zero-order valence-electron chi connectivity index (χ0n) is 19.5. The summed E-state index contributed by atoms with van der Waals surface area (Å²) < 4.78 is 11.4. The molecule has 5 nitrogen and oxygen atoms in total. The third kappa shape index (κ3) is 6.82. The van der Waals surface area contributed by atoms with Gasteiger partial charge in [-0.3, -0.25) is 4.79 Å². The molecule has 0 saturated heterocycles. The van der Waals surface area contributed by atoms with E-state index < -0.39 is 0 Å². The molecule has 0 fully saturated rings. The molecule has 8 heteroatoms. The van der Waals surface area contributed by atoms with Crippen molar-refractivity contribution in [3.63, 3.8) is 0 Å². The second kappa shape index (κ2) is 12.5. The number of ether oxygens (including phenoxy) is 1. The van der Waals surface area contributed by atoms with Crippen LogP contribution < -0.4 is 10.1 Å². The molecule has 2 aromatic heterocycles. The highest BCUT2D eigenvalue weighted by molar-refractivity contribution is 7.16. The molecule has 1 aliphatic rings. The van der Waals surface area contributed by atoms with Crippen LogP contribution in [0.4, 0.5) is 5.00 Å². The summed E-state index contributed by atoms with van der Waals surface area (Å²) in [5.41, 5.74) is 1.71. The summed E-state index contributed by atoms with van der Waals surface area (Å²) in [6.45, 7) is 0.101. The number of nitriles is 1. The normalized spacial score (nSPS) is 14.8. The van der Waals surface area contributed by atoms with E-state index >= 15 is 0 Å². The van der Waals surface area contributed by atoms with Crippen LogP contribution in [0.15, 0.2) is 34.7 Å². The van der Waals surface area contributed by atoms with Gasteiger partial charge in [0.25, 0.3) is 5.91 Å². The lowest BCUT2D eigenvalue weighted by Crippen LogP contribution is -2.11. The Morgan fingerprint density at radius 3 is 2.49 bits per heavy atom. The van der Waals surface area contributed by atoms with Gasteiger partial charge in [-0.2, -0.15) is 5.26 Å². The lowest BCUT2D eigenvalue weighted by atomic mass is 9.98. The van der Waals surface area contributed by atoms with Gasteiger partial charge in [-0.1, -0.05) is 61.7 Å². The first-order chi connectivity index (χ1) is 17.0. The van der Waals surface area contributed by atoms with Crippen molar-refractivity contribution in [2.45, 2.75) is 70.8 Å². The van der Waals surface area contributed by atoms with E-state index in [2.05, 4.69) is 11.4 Å². The van der Waals surface area contributed by atoms with Crippen LogP contribution in [-0.4, -0.2) is 5.91 Å². The number of carbonyl (C=O) groups excluding carboxylic acids is 1. The number of furan rings is 1. The van der Waals surface area contributed by atoms with Crippen molar-refractivity contribution >= 4 is 45.4 Å². The third-order valence-corrected chi connectivity index (χ3v) is 7.91. The number of aryl methyl sites for hydroxylation is 1. The van der Waals surface area contributed by atoms with Crippen molar-refractivity contribution in [3.05, 3.63) is 67.9 Å². The summed E-state index contributed by atoms with van der Waals surface area (Å²) in [5.74, 6) is 0.692. The fourth-order valence-corrected chi connectivity index (χ4v) is 5.88. The van der Waals surface area contributed by atoms with Crippen molar-refractivity contribution in [3.8, 4) is 11.8 Å². The summed E-state index contributed by atoms with van der Waals surface area (Å²) in [7, 11) is 0. The number of thiophene rings is 1. The number of hydrogen-bond donors (Lipinski definition) is 1. The van der Waals surface area contributed by atoms with Crippen LogP contribution in [0.3, 0.4) is 0 Å². The minimum absolute atomic E-state index is 0.101. The Bertz CT molecular complexity index is 1210. The van der Waals surface area contributed by atoms with Gasteiger partial charge in [0.05, 0.1) is 10.6 Å². The average Bonchev–Trinajstić information content (AvgIpc) is 3.44. The zero-order valence-corrected chi connectivity index (χ0v) is 21.8. The van der Waals surface area contributed by atoms with E-state index in [1.165, 1.54) is 54.7 Å². The van der Waals surface area contributed by atoms with Gasteiger partial charge in [0.1, 0.15) is 29.2 Å². The molecule has 0 bridgehead atoms. The average molecular weight is 532 g/mol. The van der Waals surface area contributed by atoms with E-state index in [9.17, 15) is 10.1 Å². The molecule has 35 heavy (non-hydrogen) atoms. The van der Waals surface area contributed by atoms with Crippen LogP contribution >= 0.6 is 34.5 Å². The second-order valence-electron chi connectivity index (χ2n) is 8.73. The van der Waals surface area contributed by atoms with Crippen molar-refractivity contribution in [2.75, 3.05) is 5.32 Å². The highest BCUT2D eigenvalue weighted by Crippen LogP contribution is 2.36. The Balaban J connectivity index is 1.45. The maximum absolute atomic E-state index is 12.9. The number of rotatable bonds is 5. The fraction of sp³-hybridized carbons (Fsp3) is 0.407. The van der Waals surface area contributed by atoms with Crippen LogP contribution in [0.2, 0.25) is 10.0 Å². The highest BCUT2D eigenvalue weighted by Gasteiger charge is 2.21. The Morgan fingerprint density at radius 1 is 1.03 bits per heavy atom. The van der Waals surface area contributed by atoms with Crippen LogP contribution in [0.5, 0.6) is 5.75 Å². The molecule has 1 N–H and O–H groups in total. The first-order valence-corrected chi connectivity index (χ1v) is 13.6. The molecule has 4 rings (SSSR count). The zero-order chi connectivity index (χ0) is 24.6. The predicted molar refractivity (Wildman–Crippen MR) is 141 cm³/mol. The Morgan fingerprint density at radius 2 is 1.74 bits per heavy atom. The lowest BCUT2D eigenvalue weighted by Gasteiger charge is -2.08. The smallest absolute Gasteiger partial charge is 0.292 e. The van der Waals surface area contributed by atoms with Gasteiger partial charge in [0, 0.05) is 16.0 Å². The first kappa shape index (κ1) is 25.6. The van der Waals surface area contributed by atoms with Crippen molar-refractivity contribution in [1.29, 1.82) is 5.26 Å². The number of fused-ring (bicyclic) bond motifs is 1. The third-order valence-electron chi connectivity index (χ3n) is 6.16. The van der Waals surface area contributed by atoms with Crippen LogP contribution in [0.25, 0.3) is 0 Å². The van der Waals surface area contributed by atoms with Crippen molar-refractivity contribution < 1.29 is 13.9 Å². The molecule has 0 unspecified atom stereocenters. The van der Waals surface area contributed by atoms with Crippen LogP contribution in [0.1, 0.15) is 83.7 Å². The molecule has 184 valence electrons. The van der Waals surface area contributed by atoms with Gasteiger partial charge in [0.2, 0.25) is 0 Å². The quantitative estimate of drug-likeness (QED) is 0.358. The number of halogens is 2. The monoisotopic (exact) mass is 530 g/mol. The fourth-order valence-electron chi connectivity index (χ4n) is 4.31. The molecule has 1 amide bonds. The highest BCUT2D eigenvalue weighted by atomic mass is 35.5. The molecule has 2 heterocycles. The van der Waals surface area contributed by atoms with Gasteiger partial charge in [0.15, 0.2) is 5.76 Å². The number of carbonyl (C=O) groups is 1. The van der Waals surface area contributed by atoms with Gasteiger partial charge in [-0.05, 0) is 55.5 Å². The molecule has 0 radical (unpaired) electrons. The van der Waals surface area contributed by atoms with E-state index in [4.69, 9.17) is 32.4 Å². The minimum atomic E-state index is -0.384. The van der Waals surface area contributed by atoms with Gasteiger partial charge in [-0.25, -0.2) is 0 Å². The van der Waals surface area contributed by atoms with E-state index in [0.29, 0.717) is 32.1 Å². The van der Waals surface area contributed by atoms with Gasteiger partial charge >= 0.3 is 0 Å².